The van der Waals surface area contributed by atoms with Gasteiger partial charge in [0.15, 0.2) is 0 Å². The number of aromatic nitrogens is 2. The van der Waals surface area contributed by atoms with Gasteiger partial charge in [0.1, 0.15) is 0 Å². The molecule has 5 heteroatoms. The number of fused-ring (bicyclic) bond motifs is 1. The van der Waals surface area contributed by atoms with Crippen LogP contribution in [0.4, 0.5) is 0 Å². The van der Waals surface area contributed by atoms with Gasteiger partial charge in [-0.25, -0.2) is 4.68 Å². The summed E-state index contributed by atoms with van der Waals surface area (Å²) in [5.74, 6) is -0.103. The van der Waals surface area contributed by atoms with Crippen molar-refractivity contribution in [3.05, 3.63) is 75.7 Å². The average Bonchev–Trinajstić information content (AvgIpc) is 2.65. The number of hydrogen-bond acceptors (Lipinski definition) is 3. The van der Waals surface area contributed by atoms with E-state index in [1.54, 1.807) is 13.1 Å². The first-order chi connectivity index (χ1) is 12.5. The van der Waals surface area contributed by atoms with Crippen molar-refractivity contribution in [1.29, 1.82) is 0 Å². The van der Waals surface area contributed by atoms with Crippen LogP contribution in [0.2, 0.25) is 0 Å². The fourth-order valence-electron chi connectivity index (χ4n) is 3.12. The second-order valence-corrected chi connectivity index (χ2v) is 6.54. The molecule has 0 aliphatic heterocycles. The third-order valence-electron chi connectivity index (χ3n) is 4.58. The van der Waals surface area contributed by atoms with Gasteiger partial charge in [-0.05, 0) is 25.0 Å². The molecule has 0 radical (unpaired) electrons. The lowest BCUT2D eigenvalue weighted by molar-refractivity contribution is -0.121. The number of hydrogen-bond donors (Lipinski definition) is 1. The highest BCUT2D eigenvalue weighted by molar-refractivity contribution is 5.88. The summed E-state index contributed by atoms with van der Waals surface area (Å²) in [6.07, 6.45) is 0.938. The van der Waals surface area contributed by atoms with E-state index in [9.17, 15) is 9.59 Å². The first-order valence-electron chi connectivity index (χ1n) is 8.80. The Hall–Kier alpha value is -2.95. The molecular weight excluding hydrogens is 326 g/mol. The lowest BCUT2D eigenvalue weighted by Crippen LogP contribution is -2.31. The quantitative estimate of drug-likeness (QED) is 0.770. The van der Waals surface area contributed by atoms with Crippen LogP contribution in [0.5, 0.6) is 0 Å². The van der Waals surface area contributed by atoms with Crippen LogP contribution in [0.3, 0.4) is 0 Å². The normalized spacial score (nSPS) is 12.1. The van der Waals surface area contributed by atoms with Crippen molar-refractivity contribution >= 4 is 16.7 Å². The maximum absolute atomic E-state index is 12.6. The molecule has 3 rings (SSSR count). The molecule has 1 aromatic heterocycles. The minimum atomic E-state index is -0.157. The van der Waals surface area contributed by atoms with E-state index in [2.05, 4.69) is 10.4 Å². The first kappa shape index (κ1) is 17.9. The zero-order valence-corrected chi connectivity index (χ0v) is 15.3. The summed E-state index contributed by atoms with van der Waals surface area (Å²) in [5.41, 5.74) is 2.73. The molecule has 1 N–H and O–H groups in total. The number of nitrogens with zero attached hydrogens (tertiary/aromatic N) is 2. The molecule has 0 aliphatic rings. The molecule has 0 saturated heterocycles. The molecule has 1 amide bonds. The monoisotopic (exact) mass is 349 g/mol. The maximum atomic E-state index is 12.6. The zero-order valence-electron chi connectivity index (χ0n) is 15.3. The lowest BCUT2D eigenvalue weighted by atomic mass is 10.0. The molecule has 0 aliphatic carbocycles. The molecule has 1 atom stereocenters. The minimum absolute atomic E-state index is 0.0399. The highest BCUT2D eigenvalue weighted by atomic mass is 16.1. The summed E-state index contributed by atoms with van der Waals surface area (Å²) < 4.78 is 1.29. The summed E-state index contributed by atoms with van der Waals surface area (Å²) in [5, 5.41) is 8.70. The van der Waals surface area contributed by atoms with Gasteiger partial charge < -0.3 is 5.32 Å². The molecule has 1 heterocycles. The zero-order chi connectivity index (χ0) is 18.7. The number of amides is 1. The van der Waals surface area contributed by atoms with Gasteiger partial charge in [0.25, 0.3) is 5.56 Å². The molecule has 0 spiro atoms. The summed E-state index contributed by atoms with van der Waals surface area (Å²) in [6, 6.07) is 15.4. The predicted molar refractivity (Wildman–Crippen MR) is 103 cm³/mol. The Labute approximate surface area is 152 Å². The topological polar surface area (TPSA) is 64.0 Å². The van der Waals surface area contributed by atoms with E-state index in [0.717, 1.165) is 17.4 Å². The molecule has 134 valence electrons. The van der Waals surface area contributed by atoms with Crippen LogP contribution in [-0.2, 0) is 18.3 Å². The summed E-state index contributed by atoms with van der Waals surface area (Å²) in [4.78, 5) is 24.8. The standard InChI is InChI=1S/C21H23N3O2/c1-4-18(15-11-9-14(2)10-12-15)22-20(25)13-19-16-7-5-6-8-17(16)21(26)24(3)23-19/h5-12,18H,4,13H2,1-3H3,(H,22,25)/t18-/m0/s1. The van der Waals surface area contributed by atoms with Crippen molar-refractivity contribution in [3.63, 3.8) is 0 Å². The highest BCUT2D eigenvalue weighted by Gasteiger charge is 2.16. The smallest absolute Gasteiger partial charge is 0.274 e. The maximum Gasteiger partial charge on any atom is 0.274 e. The minimum Gasteiger partial charge on any atom is -0.349 e. The van der Waals surface area contributed by atoms with Crippen molar-refractivity contribution in [2.24, 2.45) is 7.05 Å². The number of carbonyl (C=O) groups excluding carboxylic acids is 1. The second-order valence-electron chi connectivity index (χ2n) is 6.54. The molecule has 0 saturated carbocycles. The van der Waals surface area contributed by atoms with Gasteiger partial charge in [-0.3, -0.25) is 9.59 Å². The van der Waals surface area contributed by atoms with Crippen molar-refractivity contribution in [1.82, 2.24) is 15.1 Å². The molecular formula is C21H23N3O2. The van der Waals surface area contributed by atoms with Crippen LogP contribution in [0.25, 0.3) is 10.8 Å². The lowest BCUT2D eigenvalue weighted by Gasteiger charge is -2.18. The first-order valence-corrected chi connectivity index (χ1v) is 8.80. The summed E-state index contributed by atoms with van der Waals surface area (Å²) in [7, 11) is 1.61. The number of aryl methyl sites for hydroxylation is 2. The van der Waals surface area contributed by atoms with Gasteiger partial charge in [-0.1, -0.05) is 55.0 Å². The Kier molecular flexibility index (Phi) is 5.16. The molecule has 3 aromatic rings. The van der Waals surface area contributed by atoms with E-state index in [-0.39, 0.29) is 23.9 Å². The van der Waals surface area contributed by atoms with Crippen molar-refractivity contribution in [2.75, 3.05) is 0 Å². The number of carbonyl (C=O) groups is 1. The van der Waals surface area contributed by atoms with Crippen LogP contribution >= 0.6 is 0 Å². The van der Waals surface area contributed by atoms with Gasteiger partial charge in [0.05, 0.1) is 23.5 Å². The number of benzene rings is 2. The van der Waals surface area contributed by atoms with Gasteiger partial charge in [0, 0.05) is 12.4 Å². The van der Waals surface area contributed by atoms with Crippen LogP contribution in [-0.4, -0.2) is 15.7 Å². The second kappa shape index (κ2) is 7.52. The third kappa shape index (κ3) is 3.67. The van der Waals surface area contributed by atoms with Crippen LogP contribution in [0.1, 0.15) is 36.2 Å². The van der Waals surface area contributed by atoms with Crippen molar-refractivity contribution in [3.8, 4) is 0 Å². The Bertz CT molecular complexity index is 990. The fraction of sp³-hybridized carbons (Fsp3) is 0.286. The SMILES string of the molecule is CC[C@H](NC(=O)Cc1nn(C)c(=O)c2ccccc12)c1ccc(C)cc1. The van der Waals surface area contributed by atoms with Crippen LogP contribution < -0.4 is 10.9 Å². The van der Waals surface area contributed by atoms with Crippen LogP contribution in [0, 0.1) is 6.92 Å². The Morgan fingerprint density at radius 1 is 1.12 bits per heavy atom. The predicted octanol–water partition coefficient (Wildman–Crippen LogP) is 3.05. The Morgan fingerprint density at radius 2 is 1.77 bits per heavy atom. The van der Waals surface area contributed by atoms with E-state index in [0.29, 0.717) is 11.1 Å². The average molecular weight is 349 g/mol. The molecule has 0 bridgehead atoms. The number of nitrogens with one attached hydrogen (secondary N) is 1. The van der Waals surface area contributed by atoms with Gasteiger partial charge >= 0.3 is 0 Å². The van der Waals surface area contributed by atoms with Crippen LogP contribution in [0.15, 0.2) is 53.3 Å². The van der Waals surface area contributed by atoms with Gasteiger partial charge in [-0.15, -0.1) is 0 Å². The molecule has 26 heavy (non-hydrogen) atoms. The fourth-order valence-corrected chi connectivity index (χ4v) is 3.12. The van der Waals surface area contributed by atoms with Gasteiger partial charge in [0.2, 0.25) is 5.91 Å². The van der Waals surface area contributed by atoms with E-state index in [1.807, 2.05) is 56.3 Å². The van der Waals surface area contributed by atoms with Crippen molar-refractivity contribution < 1.29 is 4.79 Å². The van der Waals surface area contributed by atoms with E-state index in [4.69, 9.17) is 0 Å². The molecule has 0 unspecified atom stereocenters. The Balaban J connectivity index is 1.84. The largest absolute Gasteiger partial charge is 0.349 e. The van der Waals surface area contributed by atoms with E-state index < -0.39 is 0 Å². The van der Waals surface area contributed by atoms with Gasteiger partial charge in [-0.2, -0.15) is 5.10 Å². The summed E-state index contributed by atoms with van der Waals surface area (Å²) >= 11 is 0. The highest BCUT2D eigenvalue weighted by Crippen LogP contribution is 2.18. The third-order valence-corrected chi connectivity index (χ3v) is 4.58. The Morgan fingerprint density at radius 3 is 2.42 bits per heavy atom. The number of rotatable bonds is 5. The van der Waals surface area contributed by atoms with Crippen molar-refractivity contribution in [2.45, 2.75) is 32.7 Å². The summed E-state index contributed by atoms with van der Waals surface area (Å²) in [6.45, 7) is 4.09. The molecule has 5 nitrogen and oxygen atoms in total. The molecule has 0 fully saturated rings. The van der Waals surface area contributed by atoms with E-state index >= 15 is 0 Å². The van der Waals surface area contributed by atoms with E-state index in [1.165, 1.54) is 10.2 Å². The molecule has 2 aromatic carbocycles.